The summed E-state index contributed by atoms with van der Waals surface area (Å²) in [6, 6.07) is 6.17. The minimum atomic E-state index is -4.64. The molecule has 0 unspecified atom stereocenters. The first-order valence-electron chi connectivity index (χ1n) is 4.66. The Morgan fingerprint density at radius 1 is 1.13 bits per heavy atom. The van der Waals surface area contributed by atoms with Gasteiger partial charge in [-0.2, -0.15) is 0 Å². The van der Waals surface area contributed by atoms with Gasteiger partial charge in [-0.3, -0.25) is 0 Å². The van der Waals surface area contributed by atoms with Crippen LogP contribution in [0.15, 0.2) is 30.6 Å². The molecule has 0 saturated heterocycles. The summed E-state index contributed by atoms with van der Waals surface area (Å²) in [6.07, 6.45) is 6.75. The molecule has 6 heteroatoms. The fourth-order valence-electron chi connectivity index (χ4n) is 0.924. The van der Waals surface area contributed by atoms with Gasteiger partial charge in [-0.05, 0) is 0 Å². The minimum Gasteiger partial charge on any atom is -0.303 e. The molecule has 0 fully saturated rings. The summed E-state index contributed by atoms with van der Waals surface area (Å²) in [5.74, 6) is 0. The maximum absolute atomic E-state index is 8.88. The molecule has 0 radical (unpaired) electrons. The van der Waals surface area contributed by atoms with Crippen LogP contribution in [0.3, 0.4) is 0 Å². The number of aryl methyl sites for hydroxylation is 1. The summed E-state index contributed by atoms with van der Waals surface area (Å²) in [5, 5.41) is 0. The van der Waals surface area contributed by atoms with Crippen LogP contribution in [0.25, 0.3) is 0 Å². The van der Waals surface area contributed by atoms with Crippen LogP contribution in [0.5, 0.6) is 0 Å². The zero-order chi connectivity index (χ0) is 11.7. The lowest BCUT2D eigenvalue weighted by atomic mass is 10.3. The smallest absolute Gasteiger partial charge is 0.303 e. The summed E-state index contributed by atoms with van der Waals surface area (Å²) in [5.41, 5.74) is 0. The number of rotatable bonds is 3. The van der Waals surface area contributed by atoms with Crippen LogP contribution in [0.4, 0.5) is 0 Å². The van der Waals surface area contributed by atoms with Crippen molar-refractivity contribution in [3.63, 3.8) is 0 Å². The van der Waals surface area contributed by atoms with E-state index in [-0.39, 0.29) is 0 Å². The Bertz CT molecular complexity index is 290. The largest absolute Gasteiger partial charge is 0.466 e. The maximum Gasteiger partial charge on any atom is 0.466 e. The van der Waals surface area contributed by atoms with Crippen molar-refractivity contribution in [3.05, 3.63) is 30.6 Å². The molecule has 1 rings (SSSR count). The molecule has 0 atom stereocenters. The monoisotopic (exact) mass is 234 g/mol. The second-order valence-corrected chi connectivity index (χ2v) is 4.01. The third kappa shape index (κ3) is 13.3. The van der Waals surface area contributed by atoms with Gasteiger partial charge in [-0.15, -0.1) is 0 Å². The van der Waals surface area contributed by atoms with E-state index in [2.05, 4.69) is 36.0 Å². The minimum absolute atomic E-state index is 1.15. The van der Waals surface area contributed by atoms with Gasteiger partial charge in [0.05, 0.1) is 0 Å². The molecule has 0 aliphatic carbocycles. The van der Waals surface area contributed by atoms with Crippen LogP contribution < -0.4 is 4.57 Å². The van der Waals surface area contributed by atoms with Crippen LogP contribution in [0, 0.1) is 0 Å². The summed E-state index contributed by atoms with van der Waals surface area (Å²) < 4.78 is 11.1. The third-order valence-corrected chi connectivity index (χ3v) is 1.55. The van der Waals surface area contributed by atoms with Crippen molar-refractivity contribution in [1.29, 1.82) is 0 Å². The van der Waals surface area contributed by atoms with Crippen LogP contribution in [-0.4, -0.2) is 14.7 Å². The Labute approximate surface area is 89.3 Å². The van der Waals surface area contributed by atoms with Crippen LogP contribution >= 0.6 is 7.82 Å². The highest BCUT2D eigenvalue weighted by atomic mass is 31.2. The van der Waals surface area contributed by atoms with Gasteiger partial charge < -0.3 is 14.7 Å². The molecule has 0 aliphatic rings. The number of nitrogens with zero attached hydrogens (tertiary/aromatic N) is 1. The van der Waals surface area contributed by atoms with E-state index in [0.717, 1.165) is 6.54 Å². The molecule has 5 nitrogen and oxygen atoms in total. The fraction of sp³-hybridized carbons (Fsp3) is 0.444. The van der Waals surface area contributed by atoms with Gasteiger partial charge in [0, 0.05) is 18.6 Å². The van der Waals surface area contributed by atoms with Crippen molar-refractivity contribution in [3.8, 4) is 0 Å². The highest BCUT2D eigenvalue weighted by Gasteiger charge is 2.00. The molecule has 1 aromatic heterocycles. The van der Waals surface area contributed by atoms with E-state index < -0.39 is 7.82 Å². The van der Waals surface area contributed by atoms with Gasteiger partial charge in [-0.1, -0.05) is 19.4 Å². The topological polar surface area (TPSA) is 81.6 Å². The predicted octanol–water partition coefficient (Wildman–Crippen LogP) is 0.846. The van der Waals surface area contributed by atoms with Crippen molar-refractivity contribution in [2.24, 2.45) is 0 Å². The van der Waals surface area contributed by atoms with Crippen LogP contribution in [-0.2, 0) is 11.1 Å². The summed E-state index contributed by atoms with van der Waals surface area (Å²) >= 11 is 0. The third-order valence-electron chi connectivity index (χ3n) is 1.55. The molecular weight excluding hydrogens is 217 g/mol. The van der Waals surface area contributed by atoms with E-state index >= 15 is 0 Å². The zero-order valence-corrected chi connectivity index (χ0v) is 9.55. The number of aromatic nitrogens is 1. The molecule has 1 heterocycles. The molecule has 0 aromatic carbocycles. The Morgan fingerprint density at radius 2 is 1.60 bits per heavy atom. The van der Waals surface area contributed by atoms with E-state index in [4.69, 9.17) is 19.2 Å². The highest BCUT2D eigenvalue weighted by molar-refractivity contribution is 7.45. The van der Waals surface area contributed by atoms with E-state index in [0.29, 0.717) is 0 Å². The molecule has 1 aromatic rings. The van der Waals surface area contributed by atoms with E-state index in [1.807, 2.05) is 6.07 Å². The Morgan fingerprint density at radius 3 is 2.00 bits per heavy atom. The van der Waals surface area contributed by atoms with Crippen LogP contribution in [0.1, 0.15) is 19.8 Å². The summed E-state index contributed by atoms with van der Waals surface area (Å²) in [7, 11) is -4.64. The molecule has 3 N–H and O–H groups in total. The SMILES string of the molecule is CCCC[n+]1ccccc1.O=P(O)(O)O. The maximum atomic E-state index is 8.88. The van der Waals surface area contributed by atoms with Gasteiger partial charge in [0.2, 0.25) is 0 Å². The lowest BCUT2D eigenvalue weighted by molar-refractivity contribution is -0.697. The molecule has 0 aliphatic heterocycles. The first kappa shape index (κ1) is 14.3. The number of phosphoric acid groups is 1. The van der Waals surface area contributed by atoms with E-state index in [1.165, 1.54) is 12.8 Å². The highest BCUT2D eigenvalue weighted by Crippen LogP contribution is 2.25. The average molecular weight is 234 g/mol. The van der Waals surface area contributed by atoms with E-state index in [1.54, 1.807) is 0 Å². The van der Waals surface area contributed by atoms with Crippen molar-refractivity contribution >= 4 is 7.82 Å². The normalized spacial score (nSPS) is 10.4. The molecule has 0 amide bonds. The predicted molar refractivity (Wildman–Crippen MR) is 55.8 cm³/mol. The van der Waals surface area contributed by atoms with Crippen molar-refractivity contribution in [2.45, 2.75) is 26.3 Å². The first-order chi connectivity index (χ1) is 6.93. The van der Waals surface area contributed by atoms with Gasteiger partial charge in [-0.25, -0.2) is 9.13 Å². The van der Waals surface area contributed by atoms with E-state index in [9.17, 15) is 0 Å². The first-order valence-corrected chi connectivity index (χ1v) is 6.22. The Kier molecular flexibility index (Phi) is 7.17. The van der Waals surface area contributed by atoms with Crippen molar-refractivity contribution in [1.82, 2.24) is 0 Å². The van der Waals surface area contributed by atoms with Crippen molar-refractivity contribution in [2.75, 3.05) is 0 Å². The summed E-state index contributed by atoms with van der Waals surface area (Å²) in [6.45, 7) is 3.36. The van der Waals surface area contributed by atoms with Gasteiger partial charge in [0.1, 0.15) is 6.54 Å². The van der Waals surface area contributed by atoms with Crippen LogP contribution in [0.2, 0.25) is 0 Å². The number of unbranched alkanes of at least 4 members (excludes halogenated alkanes) is 1. The van der Waals surface area contributed by atoms with Gasteiger partial charge in [0.25, 0.3) is 0 Å². The second kappa shape index (κ2) is 7.54. The quantitative estimate of drug-likeness (QED) is 0.535. The zero-order valence-electron chi connectivity index (χ0n) is 8.65. The Balaban J connectivity index is 0.000000336. The number of hydrogen-bond acceptors (Lipinski definition) is 1. The standard InChI is InChI=1S/C9H14N.H3O4P/c1-2-3-7-10-8-5-4-6-9-10;1-5(2,3)4/h4-6,8-9H,2-3,7H2,1H3;(H3,1,2,3,4)/q+1;. The second-order valence-electron chi connectivity index (χ2n) is 2.98. The molecule has 86 valence electrons. The number of hydrogen-bond donors (Lipinski definition) is 3. The van der Waals surface area contributed by atoms with Gasteiger partial charge >= 0.3 is 7.82 Å². The molecule has 0 bridgehead atoms. The van der Waals surface area contributed by atoms with Crippen molar-refractivity contribution < 1.29 is 23.8 Å². The number of pyridine rings is 1. The van der Waals surface area contributed by atoms with Gasteiger partial charge in [0.15, 0.2) is 12.4 Å². The molecule has 15 heavy (non-hydrogen) atoms. The average Bonchev–Trinajstić information content (AvgIpc) is 2.14. The molecule has 0 spiro atoms. The Hall–Kier alpha value is -0.740. The lowest BCUT2D eigenvalue weighted by Crippen LogP contribution is -2.31. The molecular formula is C9H17NO4P+. The summed E-state index contributed by atoms with van der Waals surface area (Å²) in [4.78, 5) is 21.6. The molecule has 0 saturated carbocycles. The fourth-order valence-corrected chi connectivity index (χ4v) is 0.924. The lowest BCUT2D eigenvalue weighted by Gasteiger charge is -1.91.